The fraction of sp³-hybridized carbons (Fsp3) is 0.538. The number of ether oxygens (including phenoxy) is 1. The third kappa shape index (κ3) is 3.89. The quantitative estimate of drug-likeness (QED) is 0.783. The van der Waals surface area contributed by atoms with Crippen LogP contribution in [0, 0.1) is 0 Å². The summed E-state index contributed by atoms with van der Waals surface area (Å²) >= 11 is 0. The molecule has 0 N–H and O–H groups in total. The summed E-state index contributed by atoms with van der Waals surface area (Å²) in [5.74, 6) is 0.572. The first-order valence-electron chi connectivity index (χ1n) is 5.79. The Hall–Kier alpha value is -0.740. The number of hydrogen-bond acceptors (Lipinski definition) is 3. The second kappa shape index (κ2) is 5.49. The van der Waals surface area contributed by atoms with Crippen LogP contribution in [0.2, 0.25) is 0 Å². The van der Waals surface area contributed by atoms with Gasteiger partial charge in [-0.1, -0.05) is 32.9 Å². The van der Waals surface area contributed by atoms with E-state index in [2.05, 4.69) is 6.92 Å². The Morgan fingerprint density at radius 1 is 1.33 bits per heavy atom. The Labute approximate surface area is 114 Å². The van der Waals surface area contributed by atoms with Gasteiger partial charge in [0, 0.05) is 21.7 Å². The lowest BCUT2D eigenvalue weighted by atomic mass is 9.85. The molecule has 0 aromatic heterocycles. The largest absolute Gasteiger partial charge is 0.496 e. The van der Waals surface area contributed by atoms with Gasteiger partial charge in [0.1, 0.15) is 5.75 Å². The molecular weight excluding hydrogens is 272 g/mol. The zero-order valence-electron chi connectivity index (χ0n) is 11.2. The first-order valence-corrected chi connectivity index (χ1v) is 8.27. The van der Waals surface area contributed by atoms with Crippen molar-refractivity contribution < 1.29 is 13.2 Å². The van der Waals surface area contributed by atoms with Crippen molar-refractivity contribution in [3.63, 3.8) is 0 Å². The molecule has 102 valence electrons. The van der Waals surface area contributed by atoms with Crippen LogP contribution in [0.15, 0.2) is 18.2 Å². The third-order valence-electron chi connectivity index (χ3n) is 2.93. The van der Waals surface area contributed by atoms with Gasteiger partial charge < -0.3 is 4.74 Å². The van der Waals surface area contributed by atoms with E-state index in [4.69, 9.17) is 15.4 Å². The summed E-state index contributed by atoms with van der Waals surface area (Å²) in [5.41, 5.74) is 1.43. The molecule has 1 rings (SSSR count). The van der Waals surface area contributed by atoms with Gasteiger partial charge in [0.15, 0.2) is 0 Å². The molecule has 0 aliphatic rings. The van der Waals surface area contributed by atoms with Crippen molar-refractivity contribution in [3.8, 4) is 5.75 Å². The lowest BCUT2D eigenvalue weighted by molar-refractivity contribution is 0.397. The van der Waals surface area contributed by atoms with E-state index in [1.807, 2.05) is 32.0 Å². The van der Waals surface area contributed by atoms with Crippen LogP contribution in [0.4, 0.5) is 0 Å². The number of halogens is 1. The van der Waals surface area contributed by atoms with Crippen LogP contribution in [-0.2, 0) is 20.9 Å². The maximum Gasteiger partial charge on any atom is 0.233 e. The van der Waals surface area contributed by atoms with Crippen molar-refractivity contribution in [1.29, 1.82) is 0 Å². The molecule has 0 spiro atoms. The second-order valence-electron chi connectivity index (χ2n) is 4.96. The SMILES string of the molecule is CCc1ccc(OC)c(C(C)(C)CS(=O)(=O)Cl)c1. The first kappa shape index (κ1) is 15.3. The highest BCUT2D eigenvalue weighted by atomic mass is 35.7. The van der Waals surface area contributed by atoms with Crippen LogP contribution in [0.3, 0.4) is 0 Å². The molecule has 18 heavy (non-hydrogen) atoms. The summed E-state index contributed by atoms with van der Waals surface area (Å²) in [6.45, 7) is 5.76. The van der Waals surface area contributed by atoms with Crippen LogP contribution in [0.1, 0.15) is 31.9 Å². The average Bonchev–Trinajstić information content (AvgIpc) is 2.25. The topological polar surface area (TPSA) is 43.4 Å². The predicted octanol–water partition coefficient (Wildman–Crippen LogP) is 3.10. The Bertz CT molecular complexity index is 521. The van der Waals surface area contributed by atoms with Crippen molar-refractivity contribution in [2.24, 2.45) is 0 Å². The fourth-order valence-corrected chi connectivity index (χ4v) is 3.85. The van der Waals surface area contributed by atoms with Crippen molar-refractivity contribution in [2.45, 2.75) is 32.6 Å². The predicted molar refractivity (Wildman–Crippen MR) is 75.0 cm³/mol. The number of methoxy groups -OCH3 is 1. The molecule has 1 aromatic rings. The highest BCUT2D eigenvalue weighted by Crippen LogP contribution is 2.34. The van der Waals surface area contributed by atoms with E-state index in [0.29, 0.717) is 5.75 Å². The van der Waals surface area contributed by atoms with Gasteiger partial charge in [0.05, 0.1) is 12.9 Å². The normalized spacial score (nSPS) is 12.5. The van der Waals surface area contributed by atoms with Crippen LogP contribution in [0.5, 0.6) is 5.75 Å². The van der Waals surface area contributed by atoms with Gasteiger partial charge >= 0.3 is 0 Å². The second-order valence-corrected chi connectivity index (χ2v) is 7.73. The molecule has 0 aliphatic carbocycles. The number of aryl methyl sites for hydroxylation is 1. The molecular formula is C13H19ClO3S. The number of rotatable bonds is 5. The van der Waals surface area contributed by atoms with Gasteiger partial charge in [-0.05, 0) is 18.1 Å². The van der Waals surface area contributed by atoms with Crippen LogP contribution in [-0.4, -0.2) is 21.3 Å². The van der Waals surface area contributed by atoms with E-state index in [1.54, 1.807) is 7.11 Å². The molecule has 0 heterocycles. The molecule has 0 aliphatic heterocycles. The standard InChI is InChI=1S/C13H19ClO3S/c1-5-10-6-7-12(17-4)11(8-10)13(2,3)9-18(14,15)16/h6-8H,5,9H2,1-4H3. The summed E-state index contributed by atoms with van der Waals surface area (Å²) in [5, 5.41) is 0. The van der Waals surface area contributed by atoms with Crippen LogP contribution in [0.25, 0.3) is 0 Å². The first-order chi connectivity index (χ1) is 8.19. The number of hydrogen-bond donors (Lipinski definition) is 0. The van der Waals surface area contributed by atoms with Crippen molar-refractivity contribution in [2.75, 3.05) is 12.9 Å². The van der Waals surface area contributed by atoms with Gasteiger partial charge in [-0.25, -0.2) is 8.42 Å². The molecule has 0 radical (unpaired) electrons. The monoisotopic (exact) mass is 290 g/mol. The van der Waals surface area contributed by atoms with Gasteiger partial charge in [0.2, 0.25) is 9.05 Å². The summed E-state index contributed by atoms with van der Waals surface area (Å²) in [6.07, 6.45) is 0.890. The van der Waals surface area contributed by atoms with Gasteiger partial charge in [-0.2, -0.15) is 0 Å². The van der Waals surface area contributed by atoms with E-state index in [1.165, 1.54) is 0 Å². The lowest BCUT2D eigenvalue weighted by Crippen LogP contribution is -2.26. The van der Waals surface area contributed by atoms with Crippen molar-refractivity contribution >= 4 is 19.7 Å². The highest BCUT2D eigenvalue weighted by Gasteiger charge is 2.29. The Morgan fingerprint density at radius 3 is 2.39 bits per heavy atom. The van der Waals surface area contributed by atoms with Crippen molar-refractivity contribution in [1.82, 2.24) is 0 Å². The van der Waals surface area contributed by atoms with E-state index in [9.17, 15) is 8.42 Å². The smallest absolute Gasteiger partial charge is 0.233 e. The highest BCUT2D eigenvalue weighted by molar-refractivity contribution is 8.13. The summed E-state index contributed by atoms with van der Waals surface area (Å²) in [7, 11) is 3.39. The molecule has 0 fully saturated rings. The molecule has 3 nitrogen and oxygen atoms in total. The molecule has 0 saturated heterocycles. The molecule has 0 bridgehead atoms. The van der Waals surface area contributed by atoms with Crippen LogP contribution >= 0.6 is 10.7 Å². The van der Waals surface area contributed by atoms with Crippen molar-refractivity contribution in [3.05, 3.63) is 29.3 Å². The van der Waals surface area contributed by atoms with Gasteiger partial charge in [-0.15, -0.1) is 0 Å². The van der Waals surface area contributed by atoms with E-state index >= 15 is 0 Å². The maximum atomic E-state index is 11.3. The minimum Gasteiger partial charge on any atom is -0.496 e. The minimum atomic E-state index is -3.56. The van der Waals surface area contributed by atoms with Gasteiger partial charge in [-0.3, -0.25) is 0 Å². The molecule has 0 atom stereocenters. The van der Waals surface area contributed by atoms with E-state index in [-0.39, 0.29) is 5.75 Å². The zero-order chi connectivity index (χ0) is 14.0. The molecule has 0 amide bonds. The summed E-state index contributed by atoms with van der Waals surface area (Å²) in [4.78, 5) is 0. The molecule has 0 saturated carbocycles. The van der Waals surface area contributed by atoms with Gasteiger partial charge in [0.25, 0.3) is 0 Å². The molecule has 0 unspecified atom stereocenters. The Morgan fingerprint density at radius 2 is 1.94 bits per heavy atom. The van der Waals surface area contributed by atoms with Crippen LogP contribution < -0.4 is 4.74 Å². The Kier molecular flexibility index (Phi) is 4.67. The lowest BCUT2D eigenvalue weighted by Gasteiger charge is -2.26. The molecule has 5 heteroatoms. The summed E-state index contributed by atoms with van der Waals surface area (Å²) in [6, 6.07) is 5.84. The maximum absolute atomic E-state index is 11.3. The summed E-state index contributed by atoms with van der Waals surface area (Å²) < 4.78 is 27.9. The third-order valence-corrected chi connectivity index (χ3v) is 4.33. The zero-order valence-corrected chi connectivity index (χ0v) is 12.7. The Balaban J connectivity index is 3.28. The minimum absolute atomic E-state index is 0.120. The number of benzene rings is 1. The average molecular weight is 291 g/mol. The fourth-order valence-electron chi connectivity index (χ4n) is 2.01. The van der Waals surface area contributed by atoms with E-state index < -0.39 is 14.5 Å². The molecule has 1 aromatic carbocycles. The van der Waals surface area contributed by atoms with E-state index in [0.717, 1.165) is 17.5 Å².